The molecule has 0 bridgehead atoms. The van der Waals surface area contributed by atoms with Gasteiger partial charge >= 0.3 is 0 Å². The van der Waals surface area contributed by atoms with Crippen LogP contribution in [0.15, 0.2) is 0 Å². The van der Waals surface area contributed by atoms with E-state index in [4.69, 9.17) is 9.47 Å². The van der Waals surface area contributed by atoms with Gasteiger partial charge in [-0.25, -0.2) is 0 Å². The molecule has 0 aromatic heterocycles. The van der Waals surface area contributed by atoms with Gasteiger partial charge in [0, 0.05) is 31.7 Å². The van der Waals surface area contributed by atoms with Crippen LogP contribution < -0.4 is 10.6 Å². The van der Waals surface area contributed by atoms with Gasteiger partial charge in [-0.05, 0) is 25.8 Å². The van der Waals surface area contributed by atoms with E-state index >= 15 is 0 Å². The van der Waals surface area contributed by atoms with Crippen molar-refractivity contribution in [1.29, 1.82) is 0 Å². The van der Waals surface area contributed by atoms with Crippen LogP contribution in [0.5, 0.6) is 0 Å². The summed E-state index contributed by atoms with van der Waals surface area (Å²) >= 11 is 0. The van der Waals surface area contributed by atoms with E-state index in [1.165, 1.54) is 6.42 Å². The molecule has 4 atom stereocenters. The molecule has 2 aliphatic heterocycles. The highest BCUT2D eigenvalue weighted by Gasteiger charge is 2.28. The zero-order chi connectivity index (χ0) is 12.1. The molecule has 17 heavy (non-hydrogen) atoms. The minimum Gasteiger partial charge on any atom is -0.379 e. The first-order chi connectivity index (χ1) is 8.31. The van der Waals surface area contributed by atoms with Gasteiger partial charge < -0.3 is 20.1 Å². The summed E-state index contributed by atoms with van der Waals surface area (Å²) in [6.07, 6.45) is 1.62. The molecule has 2 saturated heterocycles. The SMILES string of the molecule is CCNC1COCC1CNCC1CCOC1C. The molecular weight excluding hydrogens is 216 g/mol. The van der Waals surface area contributed by atoms with Crippen LogP contribution in [0.1, 0.15) is 20.3 Å². The third-order valence-electron chi connectivity index (χ3n) is 4.01. The Kier molecular flexibility index (Phi) is 5.22. The predicted octanol–water partition coefficient (Wildman–Crippen LogP) is 0.626. The van der Waals surface area contributed by atoms with Crippen molar-refractivity contribution in [2.45, 2.75) is 32.4 Å². The number of rotatable bonds is 6. The molecule has 4 heteroatoms. The fraction of sp³-hybridized carbons (Fsp3) is 1.00. The Morgan fingerprint density at radius 2 is 2.00 bits per heavy atom. The van der Waals surface area contributed by atoms with E-state index < -0.39 is 0 Å². The van der Waals surface area contributed by atoms with Crippen molar-refractivity contribution in [3.8, 4) is 0 Å². The lowest BCUT2D eigenvalue weighted by atomic mass is 10.0. The Balaban J connectivity index is 1.64. The standard InChI is InChI=1S/C13H26N2O2/c1-3-15-13-9-16-8-12(13)7-14-6-11-4-5-17-10(11)2/h10-15H,3-9H2,1-2H3. The van der Waals surface area contributed by atoms with Crippen molar-refractivity contribution in [2.75, 3.05) is 39.5 Å². The molecule has 4 nitrogen and oxygen atoms in total. The van der Waals surface area contributed by atoms with E-state index in [-0.39, 0.29) is 0 Å². The van der Waals surface area contributed by atoms with Crippen molar-refractivity contribution < 1.29 is 9.47 Å². The molecule has 2 aliphatic rings. The summed E-state index contributed by atoms with van der Waals surface area (Å²) in [5.41, 5.74) is 0. The topological polar surface area (TPSA) is 42.5 Å². The second kappa shape index (κ2) is 6.69. The summed E-state index contributed by atoms with van der Waals surface area (Å²) in [7, 11) is 0. The largest absolute Gasteiger partial charge is 0.379 e. The summed E-state index contributed by atoms with van der Waals surface area (Å²) in [6.45, 7) is 10.2. The maximum Gasteiger partial charge on any atom is 0.0623 e. The van der Waals surface area contributed by atoms with Crippen molar-refractivity contribution >= 4 is 0 Å². The van der Waals surface area contributed by atoms with Gasteiger partial charge in [-0.15, -0.1) is 0 Å². The van der Waals surface area contributed by atoms with Crippen LogP contribution in [-0.2, 0) is 9.47 Å². The molecule has 0 aromatic rings. The first-order valence-electron chi connectivity index (χ1n) is 6.94. The fourth-order valence-electron chi connectivity index (χ4n) is 2.79. The summed E-state index contributed by atoms with van der Waals surface area (Å²) in [5.74, 6) is 1.31. The molecule has 0 aliphatic carbocycles. The van der Waals surface area contributed by atoms with Gasteiger partial charge in [0.05, 0.1) is 19.3 Å². The Bertz CT molecular complexity index is 225. The highest BCUT2D eigenvalue weighted by Crippen LogP contribution is 2.19. The molecule has 0 radical (unpaired) electrons. The minimum absolute atomic E-state index is 0.423. The number of hydrogen-bond acceptors (Lipinski definition) is 4. The van der Waals surface area contributed by atoms with E-state index in [1.54, 1.807) is 0 Å². The van der Waals surface area contributed by atoms with Crippen LogP contribution in [0.4, 0.5) is 0 Å². The summed E-state index contributed by atoms with van der Waals surface area (Å²) in [6, 6.07) is 0.532. The lowest BCUT2D eigenvalue weighted by Gasteiger charge is -2.20. The second-order valence-corrected chi connectivity index (χ2v) is 5.24. The van der Waals surface area contributed by atoms with E-state index in [9.17, 15) is 0 Å². The van der Waals surface area contributed by atoms with Gasteiger partial charge in [0.25, 0.3) is 0 Å². The normalized spacial score (nSPS) is 37.8. The molecule has 2 heterocycles. The number of likely N-dealkylation sites (N-methyl/N-ethyl adjacent to an activating group) is 1. The third kappa shape index (κ3) is 3.65. The summed E-state index contributed by atoms with van der Waals surface area (Å²) in [5, 5.41) is 7.08. The van der Waals surface area contributed by atoms with E-state index in [0.29, 0.717) is 24.0 Å². The third-order valence-corrected chi connectivity index (χ3v) is 4.01. The zero-order valence-corrected chi connectivity index (χ0v) is 11.1. The van der Waals surface area contributed by atoms with Crippen molar-refractivity contribution in [2.24, 2.45) is 11.8 Å². The highest BCUT2D eigenvalue weighted by atomic mass is 16.5. The molecule has 2 rings (SSSR count). The van der Waals surface area contributed by atoms with Gasteiger partial charge in [0.1, 0.15) is 0 Å². The number of hydrogen-bond donors (Lipinski definition) is 2. The van der Waals surface area contributed by atoms with Crippen molar-refractivity contribution in [1.82, 2.24) is 10.6 Å². The lowest BCUT2D eigenvalue weighted by Crippen LogP contribution is -2.41. The highest BCUT2D eigenvalue weighted by molar-refractivity contribution is 4.83. The molecule has 0 aromatic carbocycles. The molecular formula is C13H26N2O2. The van der Waals surface area contributed by atoms with Gasteiger partial charge in [-0.3, -0.25) is 0 Å². The van der Waals surface area contributed by atoms with E-state index in [0.717, 1.165) is 39.5 Å². The van der Waals surface area contributed by atoms with Crippen LogP contribution in [-0.4, -0.2) is 51.6 Å². The predicted molar refractivity (Wildman–Crippen MR) is 68.2 cm³/mol. The molecule has 0 saturated carbocycles. The maximum atomic E-state index is 5.57. The molecule has 4 unspecified atom stereocenters. The van der Waals surface area contributed by atoms with Crippen molar-refractivity contribution in [3.63, 3.8) is 0 Å². The van der Waals surface area contributed by atoms with Crippen LogP contribution in [0.25, 0.3) is 0 Å². The van der Waals surface area contributed by atoms with Gasteiger partial charge in [0.15, 0.2) is 0 Å². The van der Waals surface area contributed by atoms with E-state index in [1.807, 2.05) is 0 Å². The maximum absolute atomic E-state index is 5.57. The van der Waals surface area contributed by atoms with E-state index in [2.05, 4.69) is 24.5 Å². The quantitative estimate of drug-likeness (QED) is 0.717. The molecule has 2 fully saturated rings. The minimum atomic E-state index is 0.423. The number of nitrogens with one attached hydrogen (secondary N) is 2. The Morgan fingerprint density at radius 1 is 1.18 bits per heavy atom. The van der Waals surface area contributed by atoms with Gasteiger partial charge in [-0.2, -0.15) is 0 Å². The second-order valence-electron chi connectivity index (χ2n) is 5.24. The smallest absolute Gasteiger partial charge is 0.0623 e. The Morgan fingerprint density at radius 3 is 2.71 bits per heavy atom. The molecule has 0 spiro atoms. The fourth-order valence-corrected chi connectivity index (χ4v) is 2.79. The molecule has 100 valence electrons. The Labute approximate surface area is 104 Å². The first kappa shape index (κ1) is 13.3. The van der Waals surface area contributed by atoms with Crippen LogP contribution in [0.2, 0.25) is 0 Å². The first-order valence-corrected chi connectivity index (χ1v) is 6.94. The Hall–Kier alpha value is -0.160. The zero-order valence-electron chi connectivity index (χ0n) is 11.1. The van der Waals surface area contributed by atoms with Gasteiger partial charge in [0.2, 0.25) is 0 Å². The van der Waals surface area contributed by atoms with Crippen molar-refractivity contribution in [3.05, 3.63) is 0 Å². The summed E-state index contributed by atoms with van der Waals surface area (Å²) < 4.78 is 11.1. The average Bonchev–Trinajstić information content (AvgIpc) is 2.90. The van der Waals surface area contributed by atoms with Crippen LogP contribution in [0.3, 0.4) is 0 Å². The summed E-state index contributed by atoms with van der Waals surface area (Å²) in [4.78, 5) is 0. The van der Waals surface area contributed by atoms with Crippen LogP contribution >= 0.6 is 0 Å². The molecule has 0 amide bonds. The number of ether oxygens (including phenoxy) is 2. The monoisotopic (exact) mass is 242 g/mol. The average molecular weight is 242 g/mol. The molecule has 2 N–H and O–H groups in total. The lowest BCUT2D eigenvalue weighted by molar-refractivity contribution is 0.105. The van der Waals surface area contributed by atoms with Gasteiger partial charge in [-0.1, -0.05) is 6.92 Å². The van der Waals surface area contributed by atoms with Crippen LogP contribution in [0, 0.1) is 11.8 Å².